The van der Waals surface area contributed by atoms with E-state index in [0.717, 1.165) is 32.4 Å². The number of Topliss-reactive ketones (excluding diaryl/α,β-unsaturated/α-hetero) is 1. The zero-order valence-electron chi connectivity index (χ0n) is 29.9. The molecule has 9 heteroatoms. The molecule has 0 spiro atoms. The van der Waals surface area contributed by atoms with Crippen LogP contribution in [-0.4, -0.2) is 42.3 Å². The summed E-state index contributed by atoms with van der Waals surface area (Å²) in [5, 5.41) is 3.36. The van der Waals surface area contributed by atoms with Crippen LogP contribution in [0.2, 0.25) is 0 Å². The Labute approximate surface area is 325 Å². The van der Waals surface area contributed by atoms with Crippen molar-refractivity contribution in [3.05, 3.63) is 20.4 Å². The fourth-order valence-corrected chi connectivity index (χ4v) is 6.63. The molecular formula is C43H63N5O4. The summed E-state index contributed by atoms with van der Waals surface area (Å²) in [4.78, 5) is 43.8. The third kappa shape index (κ3) is 18.4. The van der Waals surface area contributed by atoms with Gasteiger partial charge in [0.15, 0.2) is 0 Å². The van der Waals surface area contributed by atoms with Gasteiger partial charge in [-0.15, -0.1) is 12.0 Å². The van der Waals surface area contributed by atoms with Gasteiger partial charge in [-0.3, -0.25) is 14.5 Å². The predicted octanol–water partition coefficient (Wildman–Crippen LogP) is 7.72. The van der Waals surface area contributed by atoms with Gasteiger partial charge in [-0.2, -0.15) is 0 Å². The number of fused-ring (bicyclic) bond motifs is 1. The standard InChI is InChI=1S/C22H36N2O2.C21H4.HN3.O2.11H2/c1-22(2)10-5-11-24(14-22)13-19(25)23-20-17-7-4-3-6-16(17)12-18(20)21(26)15-8-9-15;1-3-5-7-9-11-13-15-17-19-21-20-18-16-14-12-10-8-6-4-2;1-3-2;1-2;;;;;;;;;;;/h15-18,20H,3-14H2,1-2H3,(H,23,25);1H,2H3;1H;;11*1H. The average Bonchev–Trinajstić information content (AvgIpc) is 3.92. The Kier molecular flexibility index (Phi) is 22.2. The monoisotopic (exact) mass is 713 g/mol. The maximum Gasteiger partial charge on any atom is 0.234 e. The van der Waals surface area contributed by atoms with Crippen molar-refractivity contribution in [2.24, 2.45) is 29.1 Å². The number of piperidine rings is 1. The van der Waals surface area contributed by atoms with Gasteiger partial charge in [-0.1, -0.05) is 39.0 Å². The number of nitrogens with zero attached hydrogens (tertiary/aromatic N) is 3. The number of likely N-dealkylation sites (tertiary alicyclic amines) is 1. The molecular weight excluding hydrogens is 651 g/mol. The van der Waals surface area contributed by atoms with Crippen LogP contribution in [0.5, 0.6) is 0 Å². The molecule has 4 unspecified atom stereocenters. The highest BCUT2D eigenvalue weighted by Gasteiger charge is 2.50. The summed E-state index contributed by atoms with van der Waals surface area (Å²) in [7, 11) is 0. The van der Waals surface area contributed by atoms with Crippen LogP contribution in [0.25, 0.3) is 10.4 Å². The number of hydrogen-bond acceptors (Lipinski definition) is 6. The molecule has 2 N–H and O–H groups in total. The lowest BCUT2D eigenvalue weighted by Crippen LogP contribution is -2.50. The van der Waals surface area contributed by atoms with Crippen molar-refractivity contribution in [1.29, 1.82) is 5.53 Å². The highest BCUT2D eigenvalue weighted by molar-refractivity contribution is 5.87. The minimum absolute atomic E-state index is 0. The molecule has 9 nitrogen and oxygen atoms in total. The van der Waals surface area contributed by atoms with E-state index in [9.17, 15) is 9.59 Å². The minimum Gasteiger partial charge on any atom is -0.351 e. The molecule has 0 aromatic carbocycles. The second kappa shape index (κ2) is 26.5. The Balaban J connectivity index is -0.0000000757. The summed E-state index contributed by atoms with van der Waals surface area (Å²) in [5.41, 5.74) is 12.6. The maximum absolute atomic E-state index is 12.9. The number of hydrogen-bond donors (Lipinski definition) is 2. The van der Waals surface area contributed by atoms with Crippen LogP contribution in [0.4, 0.5) is 0 Å². The quantitative estimate of drug-likeness (QED) is 0.130. The van der Waals surface area contributed by atoms with E-state index in [2.05, 4.69) is 137 Å². The van der Waals surface area contributed by atoms with Gasteiger partial charge in [-0.25, -0.2) is 0 Å². The van der Waals surface area contributed by atoms with Gasteiger partial charge in [0.05, 0.1) is 6.54 Å². The summed E-state index contributed by atoms with van der Waals surface area (Å²) in [6.07, 6.45) is 15.5. The van der Waals surface area contributed by atoms with Crippen LogP contribution in [0.3, 0.4) is 0 Å². The van der Waals surface area contributed by atoms with Crippen molar-refractivity contribution >= 4 is 11.7 Å². The molecule has 284 valence electrons. The number of carbonyl (C=O) groups excluding carboxylic acids is 2. The number of terminal acetylenes is 1. The highest BCUT2D eigenvalue weighted by atomic mass is 16.7. The number of carbonyl (C=O) groups is 2. The highest BCUT2D eigenvalue weighted by Crippen LogP contribution is 2.48. The molecule has 4 atom stereocenters. The number of nitrogens with one attached hydrogen (secondary N) is 2. The summed E-state index contributed by atoms with van der Waals surface area (Å²) < 4.78 is 0. The van der Waals surface area contributed by atoms with E-state index in [1.165, 1.54) is 38.5 Å². The summed E-state index contributed by atoms with van der Waals surface area (Å²) >= 11 is 0. The van der Waals surface area contributed by atoms with E-state index >= 15 is 0 Å². The van der Waals surface area contributed by atoms with E-state index in [1.807, 2.05) is 0 Å². The first kappa shape index (κ1) is 43.6. The van der Waals surface area contributed by atoms with Crippen molar-refractivity contribution in [3.8, 4) is 119 Å². The molecule has 0 aromatic heterocycles. The minimum atomic E-state index is 0. The van der Waals surface area contributed by atoms with Gasteiger partial charge in [0.25, 0.3) is 0 Å². The molecule has 0 aromatic rings. The number of ketones is 1. The smallest absolute Gasteiger partial charge is 0.234 e. The van der Waals surface area contributed by atoms with Crippen molar-refractivity contribution < 1.29 is 25.3 Å². The summed E-state index contributed by atoms with van der Waals surface area (Å²) in [5.74, 6) is 49.1. The van der Waals surface area contributed by atoms with Crippen molar-refractivity contribution in [3.63, 3.8) is 0 Å². The Morgan fingerprint density at radius 1 is 0.827 bits per heavy atom. The molecule has 3 aliphatic carbocycles. The van der Waals surface area contributed by atoms with Gasteiger partial charge >= 0.3 is 0 Å². The van der Waals surface area contributed by atoms with Crippen LogP contribution in [0, 0.1) is 163 Å². The first-order valence-electron chi connectivity index (χ1n) is 16.9. The lowest BCUT2D eigenvalue weighted by molar-refractivity contribution is -0.127. The maximum atomic E-state index is 12.9. The Hall–Kier alpha value is -6.39. The fraction of sp³-hybridized carbons (Fsp3) is 0.488. The van der Waals surface area contributed by atoms with Crippen LogP contribution in [-0.2, 0) is 9.59 Å². The molecule has 3 saturated carbocycles. The average molecular weight is 714 g/mol. The SMILES string of the molecule is C#CC#CC#CC#CC#CC#CC#CC#CC#CC#CC.CC1(C)CCCN(CC(=O)NC2C(C(=O)C3CC3)CC3CCCCC32)C1.O=O.[HH].[HH].[HH].[HH].[HH].[HH].[HH].[HH].[HH].[HH].[HH].[N-]=[N+]=N. The summed E-state index contributed by atoms with van der Waals surface area (Å²) in [6.45, 7) is 8.82. The van der Waals surface area contributed by atoms with E-state index in [1.54, 1.807) is 11.8 Å². The van der Waals surface area contributed by atoms with E-state index in [0.29, 0.717) is 35.5 Å². The van der Waals surface area contributed by atoms with E-state index in [-0.39, 0.29) is 33.6 Å². The van der Waals surface area contributed by atoms with Gasteiger partial charge < -0.3 is 5.32 Å². The second-order valence-corrected chi connectivity index (χ2v) is 12.9. The van der Waals surface area contributed by atoms with Gasteiger partial charge in [-0.05, 0) is 174 Å². The van der Waals surface area contributed by atoms with Gasteiger partial charge in [0, 0.05) is 61.9 Å². The lowest BCUT2D eigenvalue weighted by atomic mass is 9.80. The zero-order valence-corrected chi connectivity index (χ0v) is 29.9. The summed E-state index contributed by atoms with van der Waals surface area (Å²) in [6, 6.07) is 0.110. The first-order valence-corrected chi connectivity index (χ1v) is 16.9. The molecule has 52 heavy (non-hydrogen) atoms. The lowest BCUT2D eigenvalue weighted by Gasteiger charge is -2.38. The van der Waals surface area contributed by atoms with Crippen molar-refractivity contribution in [2.75, 3.05) is 19.6 Å². The molecule has 4 rings (SSSR count). The topological polar surface area (TPSA) is 144 Å². The Bertz CT molecular complexity index is 1970. The van der Waals surface area contributed by atoms with Gasteiger partial charge in [0.2, 0.25) is 5.91 Å². The molecule has 1 saturated heterocycles. The molecule has 4 fully saturated rings. The first-order chi connectivity index (χ1) is 25.3. The van der Waals surface area contributed by atoms with Crippen LogP contribution >= 0.6 is 0 Å². The van der Waals surface area contributed by atoms with Crippen LogP contribution in [0.15, 0.2) is 0 Å². The molecule has 0 bridgehead atoms. The molecule has 1 amide bonds. The number of amides is 1. The number of rotatable bonds is 5. The normalized spacial score (nSPS) is 20.3. The van der Waals surface area contributed by atoms with Crippen LogP contribution < -0.4 is 5.32 Å². The Morgan fingerprint density at radius 3 is 1.77 bits per heavy atom. The van der Waals surface area contributed by atoms with Crippen molar-refractivity contribution in [1.82, 2.24) is 10.2 Å². The van der Waals surface area contributed by atoms with E-state index < -0.39 is 0 Å². The molecule has 0 radical (unpaired) electrons. The fourth-order valence-electron chi connectivity index (χ4n) is 6.63. The second-order valence-electron chi connectivity index (χ2n) is 12.9. The predicted molar refractivity (Wildman–Crippen MR) is 227 cm³/mol. The molecule has 1 heterocycles. The molecule has 4 aliphatic rings. The van der Waals surface area contributed by atoms with Crippen molar-refractivity contribution in [2.45, 2.75) is 84.6 Å². The van der Waals surface area contributed by atoms with Gasteiger partial charge in [0.1, 0.15) is 5.78 Å². The third-order valence-corrected chi connectivity index (χ3v) is 8.64. The van der Waals surface area contributed by atoms with E-state index in [4.69, 9.17) is 27.4 Å². The zero-order chi connectivity index (χ0) is 38.5. The Morgan fingerprint density at radius 2 is 1.31 bits per heavy atom. The van der Waals surface area contributed by atoms with Crippen LogP contribution in [0.1, 0.15) is 94.3 Å². The largest absolute Gasteiger partial charge is 0.351 e. The third-order valence-electron chi connectivity index (χ3n) is 8.64. The molecule has 1 aliphatic heterocycles.